The van der Waals surface area contributed by atoms with E-state index in [1.165, 1.54) is 44.9 Å². The Morgan fingerprint density at radius 3 is 1.65 bits per heavy atom. The second-order valence-electron chi connectivity index (χ2n) is 14.6. The Bertz CT molecular complexity index is 1150. The standard InChI is InChI=1S/C44H76NO8P/c1-6-8-10-12-14-16-18-20-22-24-26-28-30-32-34-36-43(46)50-40-42(41-52-54(48,49)51-39-38-45(3,4)5)53-44(47)37-35-33-31-29-27-25-23-21-19-17-15-13-11-9-7-2/h9,11,15,17,20-23,27,29,33,35,42H,6-8,10,12-14,16,18-19,24-26,28,30-32,34,36-41H2,1-5H3/b11-9-,17-15-,22-20-,23-21-,29-27-,35-33-. The fraction of sp³-hybridized carbons (Fsp3) is 0.682. The summed E-state index contributed by atoms with van der Waals surface area (Å²) in [5, 5.41) is 0. The van der Waals surface area contributed by atoms with Crippen molar-refractivity contribution in [3.05, 3.63) is 72.9 Å². The Morgan fingerprint density at radius 2 is 1.11 bits per heavy atom. The molecule has 0 heterocycles. The molecule has 0 saturated carbocycles. The van der Waals surface area contributed by atoms with Crippen molar-refractivity contribution in [2.24, 2.45) is 0 Å². The van der Waals surface area contributed by atoms with Crippen LogP contribution in [0.4, 0.5) is 0 Å². The fourth-order valence-electron chi connectivity index (χ4n) is 5.02. The Labute approximate surface area is 329 Å². The highest BCUT2D eigenvalue weighted by molar-refractivity contribution is 7.45. The summed E-state index contributed by atoms with van der Waals surface area (Å²) >= 11 is 0. The summed E-state index contributed by atoms with van der Waals surface area (Å²) in [7, 11) is 1.09. The summed E-state index contributed by atoms with van der Waals surface area (Å²) in [6.45, 7) is 3.96. The third-order valence-electron chi connectivity index (χ3n) is 8.24. The molecule has 54 heavy (non-hydrogen) atoms. The molecule has 0 radical (unpaired) electrons. The molecule has 0 aromatic rings. The summed E-state index contributed by atoms with van der Waals surface area (Å²) < 4.78 is 33.7. The Morgan fingerprint density at radius 1 is 0.611 bits per heavy atom. The van der Waals surface area contributed by atoms with Crippen LogP contribution >= 0.6 is 7.82 Å². The molecule has 0 spiro atoms. The number of quaternary nitrogens is 1. The first-order valence-electron chi connectivity index (χ1n) is 20.6. The average Bonchev–Trinajstić information content (AvgIpc) is 3.12. The normalized spacial score (nSPS) is 14.4. The maximum Gasteiger partial charge on any atom is 0.310 e. The number of rotatable bonds is 36. The smallest absolute Gasteiger partial charge is 0.310 e. The Kier molecular flexibility index (Phi) is 34.4. The predicted octanol–water partition coefficient (Wildman–Crippen LogP) is 10.8. The highest BCUT2D eigenvalue weighted by Gasteiger charge is 2.21. The van der Waals surface area contributed by atoms with Crippen molar-refractivity contribution in [1.29, 1.82) is 0 Å². The number of hydrogen-bond acceptors (Lipinski definition) is 8. The van der Waals surface area contributed by atoms with E-state index in [-0.39, 0.29) is 26.1 Å². The zero-order valence-electron chi connectivity index (χ0n) is 34.6. The van der Waals surface area contributed by atoms with Crippen molar-refractivity contribution in [2.45, 2.75) is 148 Å². The number of esters is 2. The van der Waals surface area contributed by atoms with Crippen molar-refractivity contribution in [2.75, 3.05) is 47.5 Å². The highest BCUT2D eigenvalue weighted by Crippen LogP contribution is 2.38. The van der Waals surface area contributed by atoms with Crippen LogP contribution in [-0.4, -0.2) is 70.0 Å². The third-order valence-corrected chi connectivity index (χ3v) is 9.21. The Balaban J connectivity index is 4.56. The zero-order valence-corrected chi connectivity index (χ0v) is 35.5. The molecule has 9 nitrogen and oxygen atoms in total. The van der Waals surface area contributed by atoms with Crippen molar-refractivity contribution < 1.29 is 42.1 Å². The van der Waals surface area contributed by atoms with Crippen molar-refractivity contribution in [3.8, 4) is 0 Å². The number of likely N-dealkylation sites (N-methyl/N-ethyl adjacent to an activating group) is 1. The molecule has 2 unspecified atom stereocenters. The number of unbranched alkanes of at least 4 members (excludes halogenated alkanes) is 11. The molecule has 0 aliphatic rings. The van der Waals surface area contributed by atoms with E-state index in [4.69, 9.17) is 18.5 Å². The summed E-state index contributed by atoms with van der Waals surface area (Å²) in [4.78, 5) is 37.4. The maximum absolute atomic E-state index is 12.6. The van der Waals surface area contributed by atoms with Crippen molar-refractivity contribution in [1.82, 2.24) is 0 Å². The van der Waals surface area contributed by atoms with E-state index in [1.807, 2.05) is 33.3 Å². The van der Waals surface area contributed by atoms with E-state index in [1.54, 1.807) is 6.08 Å². The van der Waals surface area contributed by atoms with E-state index >= 15 is 0 Å². The number of phosphoric acid groups is 1. The lowest BCUT2D eigenvalue weighted by molar-refractivity contribution is -0.870. The third kappa shape index (κ3) is 39.2. The lowest BCUT2D eigenvalue weighted by Gasteiger charge is -2.28. The van der Waals surface area contributed by atoms with Gasteiger partial charge >= 0.3 is 11.9 Å². The minimum atomic E-state index is -4.65. The van der Waals surface area contributed by atoms with Gasteiger partial charge in [-0.25, -0.2) is 0 Å². The van der Waals surface area contributed by atoms with Crippen LogP contribution in [0.1, 0.15) is 142 Å². The highest BCUT2D eigenvalue weighted by atomic mass is 31.2. The molecule has 0 aromatic heterocycles. The molecule has 0 N–H and O–H groups in total. The van der Waals surface area contributed by atoms with Crippen LogP contribution < -0.4 is 4.89 Å². The van der Waals surface area contributed by atoms with Crippen LogP contribution in [0, 0.1) is 0 Å². The molecule has 0 rings (SSSR count). The lowest BCUT2D eigenvalue weighted by Crippen LogP contribution is -2.37. The van der Waals surface area contributed by atoms with Gasteiger partial charge in [0.15, 0.2) is 6.10 Å². The molecule has 0 saturated heterocycles. The molecule has 10 heteroatoms. The Hall–Kier alpha value is -2.55. The minimum Gasteiger partial charge on any atom is -0.756 e. The molecular weight excluding hydrogens is 701 g/mol. The molecular formula is C44H76NO8P. The molecule has 310 valence electrons. The van der Waals surface area contributed by atoms with Crippen LogP contribution in [0.5, 0.6) is 0 Å². The summed E-state index contributed by atoms with van der Waals surface area (Å²) in [6, 6.07) is 0. The molecule has 0 aromatic carbocycles. The quantitative estimate of drug-likeness (QED) is 0.0203. The molecule has 0 aliphatic carbocycles. The van der Waals surface area contributed by atoms with Gasteiger partial charge in [-0.3, -0.25) is 14.2 Å². The summed E-state index contributed by atoms with van der Waals surface area (Å²) in [6.07, 6.45) is 43.9. The first-order valence-corrected chi connectivity index (χ1v) is 22.1. The van der Waals surface area contributed by atoms with Gasteiger partial charge in [0.2, 0.25) is 0 Å². The van der Waals surface area contributed by atoms with Crippen LogP contribution in [0.2, 0.25) is 0 Å². The van der Waals surface area contributed by atoms with E-state index in [0.717, 1.165) is 57.8 Å². The van der Waals surface area contributed by atoms with Crippen LogP contribution in [0.3, 0.4) is 0 Å². The molecule has 0 aliphatic heterocycles. The van der Waals surface area contributed by atoms with E-state index in [0.29, 0.717) is 23.9 Å². The first kappa shape index (κ1) is 51.5. The van der Waals surface area contributed by atoms with Crippen molar-refractivity contribution in [3.63, 3.8) is 0 Å². The number of allylic oxidation sites excluding steroid dienone is 11. The van der Waals surface area contributed by atoms with E-state index in [2.05, 4.69) is 68.5 Å². The van der Waals surface area contributed by atoms with Crippen LogP contribution in [0.15, 0.2) is 72.9 Å². The number of carbonyl (C=O) groups excluding carboxylic acids is 2. The number of hydrogen-bond donors (Lipinski definition) is 0. The fourth-order valence-corrected chi connectivity index (χ4v) is 5.75. The van der Waals surface area contributed by atoms with Gasteiger partial charge in [-0.05, 0) is 64.2 Å². The maximum atomic E-state index is 12.6. The number of ether oxygens (including phenoxy) is 2. The SMILES string of the molecule is CC/C=C\C/C=C\C/C=C\C/C=C\C/C=C\CC(=O)OC(COC(=O)CCCCCCC/C=C\CCCCCCCC)COP(=O)([O-])OCC[N+](C)(C)C. The minimum absolute atomic E-state index is 0.0120. The lowest BCUT2D eigenvalue weighted by atomic mass is 10.1. The van der Waals surface area contributed by atoms with Gasteiger partial charge in [-0.15, -0.1) is 0 Å². The number of carbonyl (C=O) groups is 2. The number of nitrogens with zero attached hydrogens (tertiary/aromatic N) is 1. The number of phosphoric ester groups is 1. The van der Waals surface area contributed by atoms with Crippen LogP contribution in [-0.2, 0) is 32.7 Å². The van der Waals surface area contributed by atoms with Gasteiger partial charge in [0, 0.05) is 6.42 Å². The monoisotopic (exact) mass is 778 g/mol. The average molecular weight is 778 g/mol. The van der Waals surface area contributed by atoms with Gasteiger partial charge < -0.3 is 27.9 Å². The van der Waals surface area contributed by atoms with Crippen molar-refractivity contribution >= 4 is 19.8 Å². The topological polar surface area (TPSA) is 111 Å². The summed E-state index contributed by atoms with van der Waals surface area (Å²) in [5.74, 6) is -0.999. The molecule has 2 atom stereocenters. The zero-order chi connectivity index (χ0) is 40.0. The van der Waals surface area contributed by atoms with Gasteiger partial charge in [0.05, 0.1) is 34.2 Å². The van der Waals surface area contributed by atoms with Gasteiger partial charge in [-0.1, -0.05) is 138 Å². The predicted molar refractivity (Wildman–Crippen MR) is 222 cm³/mol. The molecule has 0 fully saturated rings. The van der Waals surface area contributed by atoms with E-state index < -0.39 is 32.5 Å². The van der Waals surface area contributed by atoms with E-state index in [9.17, 15) is 19.0 Å². The molecule has 0 bridgehead atoms. The molecule has 0 amide bonds. The van der Waals surface area contributed by atoms with Gasteiger partial charge in [0.25, 0.3) is 7.82 Å². The summed E-state index contributed by atoms with van der Waals surface area (Å²) in [5.41, 5.74) is 0. The van der Waals surface area contributed by atoms with Crippen LogP contribution in [0.25, 0.3) is 0 Å². The second-order valence-corrected chi connectivity index (χ2v) is 16.0. The second kappa shape index (κ2) is 36.1. The largest absolute Gasteiger partial charge is 0.756 e. The van der Waals surface area contributed by atoms with Gasteiger partial charge in [0.1, 0.15) is 19.8 Å². The first-order chi connectivity index (χ1) is 26.0. The van der Waals surface area contributed by atoms with Gasteiger partial charge in [-0.2, -0.15) is 0 Å².